The lowest BCUT2D eigenvalue weighted by molar-refractivity contribution is 0.0600. The summed E-state index contributed by atoms with van der Waals surface area (Å²) < 4.78 is 4.58. The summed E-state index contributed by atoms with van der Waals surface area (Å²) in [5.74, 6) is 0. The molecule has 1 aromatic rings. The molecular formula is C12H19NO2. The minimum atomic E-state index is -0.725. The highest BCUT2D eigenvalue weighted by molar-refractivity contribution is 5.65. The van der Waals surface area contributed by atoms with E-state index in [2.05, 4.69) is 23.8 Å². The van der Waals surface area contributed by atoms with E-state index in [-0.39, 0.29) is 0 Å². The Labute approximate surface area is 91.2 Å². The molecule has 3 nitrogen and oxygen atoms in total. The lowest BCUT2D eigenvalue weighted by Crippen LogP contribution is -2.27. The van der Waals surface area contributed by atoms with Gasteiger partial charge in [0.15, 0.2) is 0 Å². The third-order valence-corrected chi connectivity index (χ3v) is 1.35. The highest BCUT2D eigenvalue weighted by atomic mass is 16.6. The third kappa shape index (κ3) is 10.4. The maximum Gasteiger partial charge on any atom is 0.405 e. The first-order valence-electron chi connectivity index (χ1n) is 4.81. The molecule has 1 rings (SSSR count). The van der Waals surface area contributed by atoms with E-state index in [9.17, 15) is 4.79 Å². The molecule has 0 saturated heterocycles. The van der Waals surface area contributed by atoms with Gasteiger partial charge in [0.25, 0.3) is 0 Å². The fourth-order valence-corrected chi connectivity index (χ4v) is 0.836. The Hall–Kier alpha value is -1.51. The van der Waals surface area contributed by atoms with E-state index in [1.54, 1.807) is 20.8 Å². The second-order valence-corrected chi connectivity index (χ2v) is 4.19. The van der Waals surface area contributed by atoms with Gasteiger partial charge < -0.3 is 10.5 Å². The summed E-state index contributed by atoms with van der Waals surface area (Å²) in [6.45, 7) is 7.37. The molecule has 0 aliphatic rings. The van der Waals surface area contributed by atoms with Crippen molar-refractivity contribution in [3.8, 4) is 0 Å². The number of hydrogen-bond acceptors (Lipinski definition) is 2. The molecule has 0 aromatic heterocycles. The average Bonchev–Trinajstić information content (AvgIpc) is 2.01. The van der Waals surface area contributed by atoms with Crippen molar-refractivity contribution in [3.05, 3.63) is 35.9 Å². The molecular weight excluding hydrogens is 190 g/mol. The summed E-state index contributed by atoms with van der Waals surface area (Å²) in [7, 11) is 0. The molecule has 0 heterocycles. The molecule has 0 aliphatic heterocycles. The van der Waals surface area contributed by atoms with Crippen molar-refractivity contribution in [3.63, 3.8) is 0 Å². The molecule has 0 aliphatic carbocycles. The van der Waals surface area contributed by atoms with Gasteiger partial charge in [-0.15, -0.1) is 0 Å². The van der Waals surface area contributed by atoms with Crippen molar-refractivity contribution in [1.82, 2.24) is 0 Å². The van der Waals surface area contributed by atoms with Crippen LogP contribution in [-0.4, -0.2) is 11.7 Å². The molecule has 1 amide bonds. The summed E-state index contributed by atoms with van der Waals surface area (Å²) >= 11 is 0. The van der Waals surface area contributed by atoms with E-state index in [1.807, 2.05) is 18.2 Å². The number of benzene rings is 1. The fourth-order valence-electron chi connectivity index (χ4n) is 0.836. The zero-order chi connectivity index (χ0) is 11.9. The van der Waals surface area contributed by atoms with Gasteiger partial charge in [0.1, 0.15) is 5.60 Å². The van der Waals surface area contributed by atoms with Crippen LogP contribution in [0, 0.1) is 6.92 Å². The third-order valence-electron chi connectivity index (χ3n) is 1.35. The van der Waals surface area contributed by atoms with Gasteiger partial charge in [0.05, 0.1) is 0 Å². The van der Waals surface area contributed by atoms with Crippen LogP contribution in [0.15, 0.2) is 30.3 Å². The van der Waals surface area contributed by atoms with Crippen molar-refractivity contribution in [2.75, 3.05) is 0 Å². The van der Waals surface area contributed by atoms with Crippen molar-refractivity contribution >= 4 is 6.09 Å². The minimum Gasteiger partial charge on any atom is -0.444 e. The average molecular weight is 209 g/mol. The number of carbonyl (C=O) groups excluding carboxylic acids is 1. The van der Waals surface area contributed by atoms with Gasteiger partial charge in [-0.1, -0.05) is 35.9 Å². The van der Waals surface area contributed by atoms with Crippen LogP contribution in [0.4, 0.5) is 4.79 Å². The zero-order valence-corrected chi connectivity index (χ0v) is 9.78. The number of hydrogen-bond donors (Lipinski definition) is 1. The van der Waals surface area contributed by atoms with Crippen LogP contribution in [0.5, 0.6) is 0 Å². The molecule has 3 heteroatoms. The smallest absolute Gasteiger partial charge is 0.405 e. The molecule has 1 aromatic carbocycles. The molecule has 84 valence electrons. The van der Waals surface area contributed by atoms with Crippen LogP contribution in [0.1, 0.15) is 26.3 Å². The van der Waals surface area contributed by atoms with Crippen molar-refractivity contribution < 1.29 is 9.53 Å². The van der Waals surface area contributed by atoms with Crippen LogP contribution < -0.4 is 5.73 Å². The van der Waals surface area contributed by atoms with Crippen LogP contribution in [-0.2, 0) is 4.74 Å². The summed E-state index contributed by atoms with van der Waals surface area (Å²) in [5.41, 5.74) is 5.59. The number of aryl methyl sites for hydroxylation is 1. The first-order valence-corrected chi connectivity index (χ1v) is 4.81. The highest BCUT2D eigenvalue weighted by Crippen LogP contribution is 2.04. The monoisotopic (exact) mass is 209 g/mol. The second-order valence-electron chi connectivity index (χ2n) is 4.19. The lowest BCUT2D eigenvalue weighted by Gasteiger charge is -2.16. The first-order chi connectivity index (χ1) is 6.81. The van der Waals surface area contributed by atoms with E-state index in [0.717, 1.165) is 0 Å². The summed E-state index contributed by atoms with van der Waals surface area (Å²) in [5, 5.41) is 0. The maximum absolute atomic E-state index is 10.0. The standard InChI is InChI=1S/C7H8.C5H11NO2/c1-7-5-3-2-4-6-7;1-5(2,3)8-4(6)7/h2-6H,1H3;1-3H3,(H2,6,7). The number of nitrogens with two attached hydrogens (primary N) is 1. The van der Waals surface area contributed by atoms with Crippen LogP contribution in [0.2, 0.25) is 0 Å². The van der Waals surface area contributed by atoms with Crippen LogP contribution >= 0.6 is 0 Å². The van der Waals surface area contributed by atoms with Crippen molar-refractivity contribution in [1.29, 1.82) is 0 Å². The Morgan fingerprint density at radius 1 is 1.20 bits per heavy atom. The quantitative estimate of drug-likeness (QED) is 0.714. The second kappa shape index (κ2) is 6.06. The molecule has 0 spiro atoms. The van der Waals surface area contributed by atoms with Gasteiger partial charge >= 0.3 is 6.09 Å². The van der Waals surface area contributed by atoms with Crippen molar-refractivity contribution in [2.45, 2.75) is 33.3 Å². The van der Waals surface area contributed by atoms with Crippen molar-refractivity contribution in [2.24, 2.45) is 5.73 Å². The first kappa shape index (κ1) is 13.5. The largest absolute Gasteiger partial charge is 0.444 e. The van der Waals surface area contributed by atoms with E-state index in [4.69, 9.17) is 5.73 Å². The molecule has 0 radical (unpaired) electrons. The Morgan fingerprint density at radius 2 is 1.67 bits per heavy atom. The molecule has 2 N–H and O–H groups in total. The van der Waals surface area contributed by atoms with Gasteiger partial charge in [-0.05, 0) is 27.7 Å². The van der Waals surface area contributed by atoms with E-state index in [1.165, 1.54) is 5.56 Å². The Bertz CT molecular complexity index is 288. The lowest BCUT2D eigenvalue weighted by atomic mass is 10.2. The van der Waals surface area contributed by atoms with E-state index in [0.29, 0.717) is 0 Å². The molecule has 0 bridgehead atoms. The Kier molecular flexibility index (Phi) is 5.45. The summed E-state index contributed by atoms with van der Waals surface area (Å²) in [6, 6.07) is 10.3. The number of rotatable bonds is 0. The number of carbonyl (C=O) groups is 1. The summed E-state index contributed by atoms with van der Waals surface area (Å²) in [4.78, 5) is 10.0. The summed E-state index contributed by atoms with van der Waals surface area (Å²) in [6.07, 6.45) is -0.725. The van der Waals surface area contributed by atoms with Gasteiger partial charge in [-0.3, -0.25) is 0 Å². The SMILES string of the molecule is CC(C)(C)OC(N)=O.Cc1ccccc1. The van der Waals surface area contributed by atoms with Crippen LogP contribution in [0.3, 0.4) is 0 Å². The zero-order valence-electron chi connectivity index (χ0n) is 9.78. The minimum absolute atomic E-state index is 0.453. The number of primary amides is 1. The molecule has 0 unspecified atom stereocenters. The fraction of sp³-hybridized carbons (Fsp3) is 0.417. The number of amides is 1. The normalized spacial score (nSPS) is 9.87. The van der Waals surface area contributed by atoms with Gasteiger partial charge in [-0.25, -0.2) is 4.79 Å². The number of ether oxygens (including phenoxy) is 1. The van der Waals surface area contributed by atoms with Gasteiger partial charge in [-0.2, -0.15) is 0 Å². The molecule has 0 saturated carbocycles. The maximum atomic E-state index is 10.0. The Balaban J connectivity index is 0.000000262. The molecule has 0 fully saturated rings. The molecule has 0 atom stereocenters. The highest BCUT2D eigenvalue weighted by Gasteiger charge is 2.12. The van der Waals surface area contributed by atoms with Crippen LogP contribution in [0.25, 0.3) is 0 Å². The predicted molar refractivity (Wildman–Crippen MR) is 61.6 cm³/mol. The van der Waals surface area contributed by atoms with Gasteiger partial charge in [0, 0.05) is 0 Å². The molecule has 15 heavy (non-hydrogen) atoms. The predicted octanol–water partition coefficient (Wildman–Crippen LogP) is 2.88. The topological polar surface area (TPSA) is 52.3 Å². The van der Waals surface area contributed by atoms with E-state index < -0.39 is 11.7 Å². The van der Waals surface area contributed by atoms with E-state index >= 15 is 0 Å². The van der Waals surface area contributed by atoms with Gasteiger partial charge in [0.2, 0.25) is 0 Å². The Morgan fingerprint density at radius 3 is 1.80 bits per heavy atom.